The number of carbonyl (C=O) groups is 1. The fourth-order valence-electron chi connectivity index (χ4n) is 2.46. The molecule has 0 aromatic rings. The van der Waals surface area contributed by atoms with Gasteiger partial charge >= 0.3 is 5.97 Å². The Kier molecular flexibility index (Phi) is 23.0. The summed E-state index contributed by atoms with van der Waals surface area (Å²) in [6.07, 6.45) is 15.7. The molecule has 1 N–H and O–H groups in total. The lowest BCUT2D eigenvalue weighted by Gasteiger charge is -2.10. The number of hydrogen-bond acceptors (Lipinski definition) is 2. The van der Waals surface area contributed by atoms with Gasteiger partial charge in [0.15, 0.2) is 0 Å². The van der Waals surface area contributed by atoms with Crippen LogP contribution in [-0.2, 0) is 9.53 Å². The summed E-state index contributed by atoms with van der Waals surface area (Å²) in [5.41, 5.74) is 0. The molecule has 0 spiro atoms. The van der Waals surface area contributed by atoms with Gasteiger partial charge in [0.1, 0.15) is 0 Å². The van der Waals surface area contributed by atoms with Crippen molar-refractivity contribution in [1.29, 1.82) is 0 Å². The first-order chi connectivity index (χ1) is 11.1. The fraction of sp³-hybridized carbons (Fsp3) is 0.950. The number of hydrogen-bond donors (Lipinski definition) is 1. The van der Waals surface area contributed by atoms with E-state index in [1.54, 1.807) is 0 Å². The third-order valence-electron chi connectivity index (χ3n) is 3.91. The molecule has 0 aliphatic heterocycles. The Morgan fingerprint density at radius 2 is 1.30 bits per heavy atom. The largest absolute Gasteiger partial charge is 0.481 e. The maximum absolute atomic E-state index is 10.1. The molecule has 0 fully saturated rings. The highest BCUT2D eigenvalue weighted by atomic mass is 16.5. The predicted molar refractivity (Wildman–Crippen MR) is 100 cm³/mol. The molecule has 3 nitrogen and oxygen atoms in total. The number of carboxylic acid groups (broad SMARTS) is 1. The van der Waals surface area contributed by atoms with Crippen LogP contribution in [0.4, 0.5) is 0 Å². The van der Waals surface area contributed by atoms with Gasteiger partial charge in [-0.2, -0.15) is 0 Å². The lowest BCUT2D eigenvalue weighted by molar-refractivity contribution is -0.137. The van der Waals surface area contributed by atoms with E-state index < -0.39 is 5.97 Å². The van der Waals surface area contributed by atoms with Gasteiger partial charge in [0.05, 0.1) is 6.10 Å². The third kappa shape index (κ3) is 26.6. The highest BCUT2D eigenvalue weighted by Crippen LogP contribution is 2.08. The topological polar surface area (TPSA) is 46.5 Å². The first kappa shape index (κ1) is 24.7. The second-order valence-electron chi connectivity index (χ2n) is 6.38. The van der Waals surface area contributed by atoms with Crippen LogP contribution in [0, 0.1) is 0 Å². The maximum Gasteiger partial charge on any atom is 0.303 e. The molecule has 0 aromatic carbocycles. The quantitative estimate of drug-likeness (QED) is 0.344. The van der Waals surface area contributed by atoms with Gasteiger partial charge in [-0.3, -0.25) is 4.79 Å². The van der Waals surface area contributed by atoms with Crippen molar-refractivity contribution in [2.45, 2.75) is 117 Å². The Hall–Kier alpha value is -0.570. The van der Waals surface area contributed by atoms with E-state index in [9.17, 15) is 4.79 Å². The number of aliphatic carboxylic acids is 1. The van der Waals surface area contributed by atoms with Gasteiger partial charge in [-0.1, -0.05) is 78.1 Å². The van der Waals surface area contributed by atoms with Crippen molar-refractivity contribution >= 4 is 5.97 Å². The van der Waals surface area contributed by atoms with Crippen molar-refractivity contribution in [1.82, 2.24) is 0 Å². The summed E-state index contributed by atoms with van der Waals surface area (Å²) in [5.74, 6) is -0.663. The van der Waals surface area contributed by atoms with Crippen LogP contribution < -0.4 is 0 Å². The molecule has 0 bridgehead atoms. The van der Waals surface area contributed by atoms with E-state index in [1.165, 1.54) is 64.2 Å². The fourth-order valence-corrected chi connectivity index (χ4v) is 2.46. The van der Waals surface area contributed by atoms with Gasteiger partial charge < -0.3 is 9.84 Å². The number of carboxylic acids is 1. The average molecular weight is 331 g/mol. The van der Waals surface area contributed by atoms with Gasteiger partial charge in [-0.25, -0.2) is 0 Å². The van der Waals surface area contributed by atoms with Gasteiger partial charge in [0.2, 0.25) is 0 Å². The predicted octanol–water partition coefficient (Wildman–Crippen LogP) is 6.59. The van der Waals surface area contributed by atoms with E-state index in [0.717, 1.165) is 19.4 Å². The molecule has 1 unspecified atom stereocenters. The molecule has 0 saturated carbocycles. The van der Waals surface area contributed by atoms with E-state index in [0.29, 0.717) is 12.5 Å². The smallest absolute Gasteiger partial charge is 0.303 e. The van der Waals surface area contributed by atoms with Crippen LogP contribution in [0.15, 0.2) is 0 Å². The zero-order chi connectivity index (χ0) is 17.8. The third-order valence-corrected chi connectivity index (χ3v) is 3.91. The minimum absolute atomic E-state index is 0.341. The Bertz CT molecular complexity index is 229. The van der Waals surface area contributed by atoms with Crippen LogP contribution in [-0.4, -0.2) is 23.8 Å². The molecule has 0 rings (SSSR count). The van der Waals surface area contributed by atoms with Crippen molar-refractivity contribution in [3.8, 4) is 0 Å². The Morgan fingerprint density at radius 1 is 0.826 bits per heavy atom. The number of rotatable bonds is 15. The number of ether oxygens (including phenoxy) is 1. The minimum atomic E-state index is -0.663. The summed E-state index contributed by atoms with van der Waals surface area (Å²) in [4.78, 5) is 10.1. The van der Waals surface area contributed by atoms with Crippen LogP contribution in [0.5, 0.6) is 0 Å². The molecule has 0 aliphatic carbocycles. The van der Waals surface area contributed by atoms with Gasteiger partial charge in [0.25, 0.3) is 0 Å². The second-order valence-corrected chi connectivity index (χ2v) is 6.38. The first-order valence-electron chi connectivity index (χ1n) is 9.91. The van der Waals surface area contributed by atoms with Crippen LogP contribution >= 0.6 is 0 Å². The van der Waals surface area contributed by atoms with Crippen molar-refractivity contribution in [3.63, 3.8) is 0 Å². The molecule has 0 radical (unpaired) electrons. The second kappa shape index (κ2) is 21.4. The number of unbranched alkanes of at least 4 members (excludes halogenated alkanes) is 9. The highest BCUT2D eigenvalue weighted by Gasteiger charge is 1.99. The molecule has 0 amide bonds. The maximum atomic E-state index is 10.1. The lowest BCUT2D eigenvalue weighted by Crippen LogP contribution is -2.07. The van der Waals surface area contributed by atoms with Crippen molar-refractivity contribution in [2.24, 2.45) is 0 Å². The molecule has 23 heavy (non-hydrogen) atoms. The van der Waals surface area contributed by atoms with Crippen LogP contribution in [0.25, 0.3) is 0 Å². The molecule has 0 aromatic heterocycles. The van der Waals surface area contributed by atoms with E-state index in [4.69, 9.17) is 9.84 Å². The Morgan fingerprint density at radius 3 is 1.78 bits per heavy atom. The summed E-state index contributed by atoms with van der Waals surface area (Å²) in [6, 6.07) is 0. The summed E-state index contributed by atoms with van der Waals surface area (Å²) < 4.78 is 5.42. The van der Waals surface area contributed by atoms with Crippen LogP contribution in [0.3, 0.4) is 0 Å². The molecule has 0 aliphatic rings. The molecule has 3 heteroatoms. The van der Waals surface area contributed by atoms with Gasteiger partial charge in [-0.15, -0.1) is 0 Å². The van der Waals surface area contributed by atoms with Gasteiger partial charge in [-0.05, 0) is 26.7 Å². The Labute approximate surface area is 145 Å². The van der Waals surface area contributed by atoms with Crippen LogP contribution in [0.2, 0.25) is 0 Å². The summed E-state index contributed by atoms with van der Waals surface area (Å²) in [5, 5.41) is 8.35. The SMILES string of the molecule is CCCCCCC(C)OCC.CCCCCCCCCC(=O)O. The van der Waals surface area contributed by atoms with E-state index >= 15 is 0 Å². The minimum Gasteiger partial charge on any atom is -0.481 e. The zero-order valence-corrected chi connectivity index (χ0v) is 16.2. The summed E-state index contributed by atoms with van der Waals surface area (Å²) >= 11 is 0. The molecule has 0 saturated heterocycles. The van der Waals surface area contributed by atoms with Gasteiger partial charge in [0, 0.05) is 13.0 Å². The Balaban J connectivity index is 0. The monoisotopic (exact) mass is 330 g/mol. The molecule has 1 atom stereocenters. The summed E-state index contributed by atoms with van der Waals surface area (Å²) in [6.45, 7) is 9.52. The zero-order valence-electron chi connectivity index (χ0n) is 16.2. The van der Waals surface area contributed by atoms with Crippen molar-refractivity contribution < 1.29 is 14.6 Å². The van der Waals surface area contributed by atoms with E-state index in [2.05, 4.69) is 27.7 Å². The standard InChI is InChI=1S/C10H20O2.C10H22O/c1-2-3-4-5-6-7-8-9-10(11)12;1-4-6-7-8-9-10(3)11-5-2/h2-9H2,1H3,(H,11,12);10H,4-9H2,1-3H3. The molecular formula is C20H42O3. The molecule has 0 heterocycles. The van der Waals surface area contributed by atoms with Crippen LogP contribution in [0.1, 0.15) is 111 Å². The average Bonchev–Trinajstić information content (AvgIpc) is 2.51. The lowest BCUT2D eigenvalue weighted by atomic mass is 10.1. The normalized spacial score (nSPS) is 11.7. The molecule has 140 valence electrons. The summed E-state index contributed by atoms with van der Waals surface area (Å²) in [7, 11) is 0. The van der Waals surface area contributed by atoms with Crippen molar-refractivity contribution in [3.05, 3.63) is 0 Å². The first-order valence-corrected chi connectivity index (χ1v) is 9.91. The van der Waals surface area contributed by atoms with Crippen molar-refractivity contribution in [2.75, 3.05) is 6.61 Å². The highest BCUT2D eigenvalue weighted by molar-refractivity contribution is 5.66. The van der Waals surface area contributed by atoms with E-state index in [-0.39, 0.29) is 0 Å². The molecular weight excluding hydrogens is 288 g/mol. The van der Waals surface area contributed by atoms with E-state index in [1.807, 2.05) is 0 Å².